The van der Waals surface area contributed by atoms with Crippen LogP contribution < -0.4 is 5.32 Å². The lowest BCUT2D eigenvalue weighted by molar-refractivity contribution is -0.141. The number of hydrogen-bond acceptors (Lipinski definition) is 7. The van der Waals surface area contributed by atoms with Crippen LogP contribution >= 0.6 is 0 Å². The molecule has 2 fully saturated rings. The maximum Gasteiger partial charge on any atom is 0.417 e. The quantitative estimate of drug-likeness (QED) is 0.360. The molecule has 0 aromatic heterocycles. The third-order valence-corrected chi connectivity index (χ3v) is 11.2. The Morgan fingerprint density at radius 2 is 1.70 bits per heavy atom. The number of aryl methyl sites for hydroxylation is 1. The molecule has 10 nitrogen and oxygen atoms in total. The number of benzene rings is 2. The normalized spacial score (nSPS) is 21.0. The number of halogens is 3. The lowest BCUT2D eigenvalue weighted by Crippen LogP contribution is -2.61. The largest absolute Gasteiger partial charge is 0.443 e. The lowest BCUT2D eigenvalue weighted by Gasteiger charge is -2.39. The van der Waals surface area contributed by atoms with Gasteiger partial charge in [-0.25, -0.2) is 18.1 Å². The summed E-state index contributed by atoms with van der Waals surface area (Å²) in [6.07, 6.45) is -0.675. The number of piperidine rings is 1. The van der Waals surface area contributed by atoms with E-state index in [0.717, 1.165) is 77.8 Å². The minimum absolute atomic E-state index is 0.411. The molecular weight excluding hydrogens is 673 g/mol. The minimum Gasteiger partial charge on any atom is -0.443 e. The fourth-order valence-electron chi connectivity index (χ4n) is 6.80. The van der Waals surface area contributed by atoms with Gasteiger partial charge in [0.25, 0.3) is 5.91 Å². The molecule has 3 aliphatic rings. The van der Waals surface area contributed by atoms with Crippen molar-refractivity contribution in [1.82, 2.24) is 19.4 Å². The molecule has 14 heteroatoms. The average Bonchev–Trinajstić information content (AvgIpc) is 3.04. The van der Waals surface area contributed by atoms with Gasteiger partial charge in [-0.05, 0) is 106 Å². The summed E-state index contributed by atoms with van der Waals surface area (Å²) in [7, 11) is -4.72. The van der Waals surface area contributed by atoms with Crippen molar-refractivity contribution in [3.63, 3.8) is 0 Å². The number of likely N-dealkylation sites (tertiary alicyclic amines) is 1. The second kappa shape index (κ2) is 14.8. The number of fused-ring (bicyclic) bond motifs is 1. The Morgan fingerprint density at radius 3 is 2.38 bits per heavy atom. The van der Waals surface area contributed by atoms with Crippen molar-refractivity contribution in [3.05, 3.63) is 71.3 Å². The molecule has 2 saturated heterocycles. The number of sulfonamides is 1. The summed E-state index contributed by atoms with van der Waals surface area (Å²) in [6.45, 7) is 11.2. The van der Waals surface area contributed by atoms with E-state index in [0.29, 0.717) is 16.8 Å². The molecule has 1 unspecified atom stereocenters. The van der Waals surface area contributed by atoms with Crippen LogP contribution in [0, 0.1) is 0 Å². The van der Waals surface area contributed by atoms with Crippen LogP contribution in [-0.4, -0.2) is 84.8 Å². The van der Waals surface area contributed by atoms with Gasteiger partial charge >= 0.3 is 12.3 Å². The van der Waals surface area contributed by atoms with E-state index in [1.165, 1.54) is 19.3 Å². The Kier molecular flexibility index (Phi) is 11.1. The highest BCUT2D eigenvalue weighted by Gasteiger charge is 2.46. The zero-order valence-corrected chi connectivity index (χ0v) is 29.5. The molecule has 0 bridgehead atoms. The zero-order valence-electron chi connectivity index (χ0n) is 28.7. The van der Waals surface area contributed by atoms with E-state index in [-0.39, 0.29) is 0 Å². The van der Waals surface area contributed by atoms with Crippen molar-refractivity contribution in [2.75, 3.05) is 32.7 Å². The molecule has 50 heavy (non-hydrogen) atoms. The summed E-state index contributed by atoms with van der Waals surface area (Å²) >= 11 is 0. The van der Waals surface area contributed by atoms with Crippen LogP contribution in [-0.2, 0) is 36.9 Å². The molecule has 2 heterocycles. The summed E-state index contributed by atoms with van der Waals surface area (Å²) in [5.74, 6) is -1.65. The van der Waals surface area contributed by atoms with Crippen LogP contribution in [0.4, 0.5) is 18.0 Å². The maximum atomic E-state index is 13.8. The van der Waals surface area contributed by atoms with Crippen molar-refractivity contribution in [2.45, 2.75) is 94.5 Å². The lowest BCUT2D eigenvalue weighted by atomic mass is 9.85. The van der Waals surface area contributed by atoms with Gasteiger partial charge in [-0.3, -0.25) is 14.5 Å². The number of amides is 3. The molecule has 0 radical (unpaired) electrons. The number of nitrogens with one attached hydrogen (secondary N) is 1. The van der Waals surface area contributed by atoms with E-state index in [4.69, 9.17) is 4.74 Å². The summed E-state index contributed by atoms with van der Waals surface area (Å²) in [5.41, 5.74) is 1.88. The van der Waals surface area contributed by atoms with Crippen LogP contribution in [0.5, 0.6) is 0 Å². The zero-order chi connectivity index (χ0) is 36.4. The first-order chi connectivity index (χ1) is 23.4. The number of carbonyl (C=O) groups is 3. The predicted octanol–water partition coefficient (Wildman–Crippen LogP) is 5.93. The monoisotopic (exact) mass is 718 g/mol. The van der Waals surface area contributed by atoms with E-state index < -0.39 is 81.8 Å². The highest BCUT2D eigenvalue weighted by molar-refractivity contribution is 7.89. The standard InChI is InChI=1S/C36H45F3N4O6S/c1-24(23-41-16-6-5-7-17-41)25-14-15-29-26(20-25)10-8-13-30(29)40-32(44)22-31-33(45)42(34(46)49-35(2,3)4)18-19-43(31)50(47,48)28-12-9-11-27(21-28)36(37,38)39/h9,11-12,14-15,20-21,30-31H,1,5-8,10,13,16-19,22-23H2,2-4H3,(H,40,44)/t30-,31?/m1/s1. The maximum absolute atomic E-state index is 13.8. The van der Waals surface area contributed by atoms with Gasteiger partial charge in [-0.2, -0.15) is 17.5 Å². The van der Waals surface area contributed by atoms with E-state index in [9.17, 15) is 36.0 Å². The van der Waals surface area contributed by atoms with Crippen molar-refractivity contribution < 1.29 is 40.7 Å². The summed E-state index contributed by atoms with van der Waals surface area (Å²) in [5, 5.41) is 2.95. The second-order valence-electron chi connectivity index (χ2n) is 14.2. The Morgan fingerprint density at radius 1 is 0.980 bits per heavy atom. The number of hydrogen-bond donors (Lipinski definition) is 1. The van der Waals surface area contributed by atoms with E-state index >= 15 is 0 Å². The first-order valence-electron chi connectivity index (χ1n) is 17.0. The number of nitrogens with zero attached hydrogens (tertiary/aromatic N) is 3. The number of rotatable bonds is 8. The minimum atomic E-state index is -4.81. The van der Waals surface area contributed by atoms with Gasteiger partial charge in [0.05, 0.1) is 22.9 Å². The van der Waals surface area contributed by atoms with Crippen LogP contribution in [0.25, 0.3) is 5.57 Å². The first kappa shape index (κ1) is 37.5. The molecule has 3 amide bonds. The second-order valence-corrected chi connectivity index (χ2v) is 16.1. The van der Waals surface area contributed by atoms with Crippen molar-refractivity contribution in [1.29, 1.82) is 0 Å². The van der Waals surface area contributed by atoms with Gasteiger partial charge < -0.3 is 10.1 Å². The highest BCUT2D eigenvalue weighted by atomic mass is 32.2. The van der Waals surface area contributed by atoms with Crippen LogP contribution in [0.2, 0.25) is 0 Å². The van der Waals surface area contributed by atoms with Crippen LogP contribution in [0.15, 0.2) is 53.9 Å². The van der Waals surface area contributed by atoms with Gasteiger partial charge in [-0.15, -0.1) is 0 Å². The topological polar surface area (TPSA) is 116 Å². The molecule has 2 aliphatic heterocycles. The molecule has 272 valence electrons. The summed E-state index contributed by atoms with van der Waals surface area (Å²) in [6, 6.07) is 7.14. The fraction of sp³-hybridized carbons (Fsp3) is 0.528. The number of ether oxygens (including phenoxy) is 1. The van der Waals surface area contributed by atoms with Crippen molar-refractivity contribution in [2.24, 2.45) is 0 Å². The molecule has 0 saturated carbocycles. The smallest absolute Gasteiger partial charge is 0.417 e. The average molecular weight is 719 g/mol. The molecule has 2 atom stereocenters. The molecular formula is C36H45F3N4O6S. The third-order valence-electron chi connectivity index (χ3n) is 9.27. The highest BCUT2D eigenvalue weighted by Crippen LogP contribution is 2.34. The Labute approximate surface area is 291 Å². The van der Waals surface area contributed by atoms with Crippen LogP contribution in [0.1, 0.15) is 87.6 Å². The Bertz CT molecular complexity index is 1730. The van der Waals surface area contributed by atoms with Crippen molar-refractivity contribution in [3.8, 4) is 0 Å². The summed E-state index contributed by atoms with van der Waals surface area (Å²) in [4.78, 5) is 42.9. The first-order valence-corrected chi connectivity index (χ1v) is 18.4. The SMILES string of the molecule is C=C(CN1CCCCC1)c1ccc2c(c1)CCC[C@H]2NC(=O)CC1C(=O)N(C(=O)OC(C)(C)C)CCN1S(=O)(=O)c1cccc(C(F)(F)F)c1. The van der Waals surface area contributed by atoms with E-state index in [1.54, 1.807) is 20.8 Å². The van der Waals surface area contributed by atoms with Gasteiger partial charge in [0.2, 0.25) is 15.9 Å². The number of imide groups is 1. The van der Waals surface area contributed by atoms with E-state index in [1.807, 2.05) is 12.1 Å². The van der Waals surface area contributed by atoms with Gasteiger partial charge in [-0.1, -0.05) is 37.3 Å². The Balaban J connectivity index is 1.37. The number of piperazine rings is 1. The van der Waals surface area contributed by atoms with Crippen LogP contribution in [0.3, 0.4) is 0 Å². The molecule has 2 aromatic carbocycles. The van der Waals surface area contributed by atoms with E-state index in [2.05, 4.69) is 22.9 Å². The fourth-order valence-corrected chi connectivity index (χ4v) is 8.42. The molecule has 2 aromatic rings. The number of carbonyl (C=O) groups excluding carboxylic acids is 3. The Hall–Kier alpha value is -3.75. The van der Waals surface area contributed by atoms with Gasteiger partial charge in [0, 0.05) is 19.6 Å². The summed E-state index contributed by atoms with van der Waals surface area (Å²) < 4.78 is 74.1. The molecule has 5 rings (SSSR count). The van der Waals surface area contributed by atoms with Gasteiger partial charge in [0.15, 0.2) is 0 Å². The molecule has 1 N–H and O–H groups in total. The number of alkyl halides is 3. The van der Waals surface area contributed by atoms with Crippen molar-refractivity contribution >= 4 is 33.5 Å². The molecule has 0 spiro atoms. The third kappa shape index (κ3) is 8.75. The molecule has 1 aliphatic carbocycles. The predicted molar refractivity (Wildman–Crippen MR) is 181 cm³/mol. The van der Waals surface area contributed by atoms with Gasteiger partial charge in [0.1, 0.15) is 11.6 Å².